The number of hydrogen-bond donors (Lipinski definition) is 2. The van der Waals surface area contributed by atoms with E-state index in [1.807, 2.05) is 31.2 Å². The highest BCUT2D eigenvalue weighted by Gasteiger charge is 2.15. The normalized spacial score (nSPS) is 14.4. The molecule has 0 radical (unpaired) electrons. The molecule has 3 nitrogen and oxygen atoms in total. The van der Waals surface area contributed by atoms with Crippen LogP contribution in [0.2, 0.25) is 0 Å². The Hall–Kier alpha value is -1.06. The quantitative estimate of drug-likeness (QED) is 0.715. The largest absolute Gasteiger partial charge is 0.494 e. The summed E-state index contributed by atoms with van der Waals surface area (Å²) in [5, 5.41) is 9.00. The predicted octanol–water partition coefficient (Wildman–Crippen LogP) is 2.25. The van der Waals surface area contributed by atoms with Crippen LogP contribution in [0.4, 0.5) is 0 Å². The molecule has 0 aromatic heterocycles. The summed E-state index contributed by atoms with van der Waals surface area (Å²) in [4.78, 5) is 0. The highest BCUT2D eigenvalue weighted by molar-refractivity contribution is 5.26. The van der Waals surface area contributed by atoms with Crippen molar-refractivity contribution in [3.05, 3.63) is 29.8 Å². The van der Waals surface area contributed by atoms with E-state index in [4.69, 9.17) is 15.6 Å². The van der Waals surface area contributed by atoms with Gasteiger partial charge in [-0.05, 0) is 45.2 Å². The smallest absolute Gasteiger partial charge is 0.119 e. The second-order valence-electron chi connectivity index (χ2n) is 4.93. The summed E-state index contributed by atoms with van der Waals surface area (Å²) in [5.41, 5.74) is 6.62. The Balaban J connectivity index is 2.14. The lowest BCUT2D eigenvalue weighted by Crippen LogP contribution is -2.39. The fraction of sp³-hybridized carbons (Fsp3) is 0.571. The summed E-state index contributed by atoms with van der Waals surface area (Å²) >= 11 is 0. The van der Waals surface area contributed by atoms with Gasteiger partial charge in [-0.3, -0.25) is 0 Å². The van der Waals surface area contributed by atoms with E-state index in [0.717, 1.165) is 25.0 Å². The number of aliphatic hydroxyl groups is 1. The molecular formula is C14H23NO2. The molecule has 0 fully saturated rings. The SMILES string of the molecule is Cc1ccc(OCCCCC(C)(N)CO)cc1. The molecule has 0 amide bonds. The number of rotatable bonds is 7. The fourth-order valence-electron chi connectivity index (χ4n) is 1.53. The van der Waals surface area contributed by atoms with Crippen LogP contribution in [0.25, 0.3) is 0 Å². The maximum absolute atomic E-state index is 9.00. The molecule has 0 saturated heterocycles. The van der Waals surface area contributed by atoms with Gasteiger partial charge in [0.1, 0.15) is 5.75 Å². The number of unbranched alkanes of at least 4 members (excludes halogenated alkanes) is 1. The summed E-state index contributed by atoms with van der Waals surface area (Å²) < 4.78 is 5.61. The molecule has 17 heavy (non-hydrogen) atoms. The number of benzene rings is 1. The zero-order valence-electron chi connectivity index (χ0n) is 10.8. The topological polar surface area (TPSA) is 55.5 Å². The van der Waals surface area contributed by atoms with Gasteiger partial charge in [0, 0.05) is 5.54 Å². The number of aryl methyl sites for hydroxylation is 1. The highest BCUT2D eigenvalue weighted by atomic mass is 16.5. The molecule has 0 bridgehead atoms. The van der Waals surface area contributed by atoms with Gasteiger partial charge in [-0.25, -0.2) is 0 Å². The first-order valence-electron chi connectivity index (χ1n) is 6.13. The molecule has 1 unspecified atom stereocenters. The van der Waals surface area contributed by atoms with E-state index in [9.17, 15) is 0 Å². The second kappa shape index (κ2) is 6.62. The van der Waals surface area contributed by atoms with Gasteiger partial charge in [-0.15, -0.1) is 0 Å². The van der Waals surface area contributed by atoms with E-state index in [1.165, 1.54) is 5.56 Å². The molecule has 0 heterocycles. The minimum atomic E-state index is -0.455. The average Bonchev–Trinajstić information content (AvgIpc) is 2.31. The Morgan fingerprint density at radius 1 is 1.24 bits per heavy atom. The van der Waals surface area contributed by atoms with Gasteiger partial charge in [0.05, 0.1) is 13.2 Å². The fourth-order valence-corrected chi connectivity index (χ4v) is 1.53. The van der Waals surface area contributed by atoms with Crippen LogP contribution < -0.4 is 10.5 Å². The van der Waals surface area contributed by atoms with Crippen molar-refractivity contribution >= 4 is 0 Å². The van der Waals surface area contributed by atoms with E-state index in [0.29, 0.717) is 6.61 Å². The van der Waals surface area contributed by atoms with Gasteiger partial charge in [0.2, 0.25) is 0 Å². The molecule has 1 atom stereocenters. The Labute approximate surface area is 104 Å². The van der Waals surface area contributed by atoms with Crippen molar-refractivity contribution < 1.29 is 9.84 Å². The van der Waals surface area contributed by atoms with Crippen LogP contribution in [-0.2, 0) is 0 Å². The molecule has 0 spiro atoms. The zero-order valence-corrected chi connectivity index (χ0v) is 10.8. The monoisotopic (exact) mass is 237 g/mol. The molecule has 1 aromatic carbocycles. The molecular weight excluding hydrogens is 214 g/mol. The van der Waals surface area contributed by atoms with Crippen molar-refractivity contribution in [2.75, 3.05) is 13.2 Å². The average molecular weight is 237 g/mol. The number of aliphatic hydroxyl groups excluding tert-OH is 1. The summed E-state index contributed by atoms with van der Waals surface area (Å²) in [6.07, 6.45) is 2.75. The minimum Gasteiger partial charge on any atom is -0.494 e. The molecule has 0 aliphatic heterocycles. The number of ether oxygens (including phenoxy) is 1. The lowest BCUT2D eigenvalue weighted by molar-refractivity contribution is 0.194. The molecule has 1 aromatic rings. The Morgan fingerprint density at radius 2 is 1.88 bits per heavy atom. The van der Waals surface area contributed by atoms with Crippen LogP contribution in [0.15, 0.2) is 24.3 Å². The van der Waals surface area contributed by atoms with Crippen LogP contribution in [0.3, 0.4) is 0 Å². The summed E-state index contributed by atoms with van der Waals surface area (Å²) in [6, 6.07) is 8.04. The molecule has 0 aliphatic rings. The van der Waals surface area contributed by atoms with Gasteiger partial charge in [0.25, 0.3) is 0 Å². The van der Waals surface area contributed by atoms with Crippen LogP contribution in [0.1, 0.15) is 31.7 Å². The Morgan fingerprint density at radius 3 is 2.47 bits per heavy atom. The third-order valence-corrected chi connectivity index (χ3v) is 2.79. The summed E-state index contributed by atoms with van der Waals surface area (Å²) in [5.74, 6) is 0.910. The van der Waals surface area contributed by atoms with Crippen molar-refractivity contribution in [1.82, 2.24) is 0 Å². The Bertz CT molecular complexity index is 319. The van der Waals surface area contributed by atoms with Crippen LogP contribution in [0.5, 0.6) is 5.75 Å². The Kier molecular flexibility index (Phi) is 5.45. The van der Waals surface area contributed by atoms with Gasteiger partial charge >= 0.3 is 0 Å². The lowest BCUT2D eigenvalue weighted by atomic mass is 9.97. The van der Waals surface area contributed by atoms with E-state index in [2.05, 4.69) is 6.92 Å². The first-order chi connectivity index (χ1) is 8.03. The van der Waals surface area contributed by atoms with Crippen molar-refractivity contribution in [2.45, 2.75) is 38.6 Å². The number of hydrogen-bond acceptors (Lipinski definition) is 3. The van der Waals surface area contributed by atoms with Gasteiger partial charge in [-0.2, -0.15) is 0 Å². The summed E-state index contributed by atoms with van der Waals surface area (Å²) in [7, 11) is 0. The predicted molar refractivity (Wildman–Crippen MR) is 70.2 cm³/mol. The van der Waals surface area contributed by atoms with Crippen molar-refractivity contribution in [3.8, 4) is 5.75 Å². The van der Waals surface area contributed by atoms with Crippen LogP contribution in [-0.4, -0.2) is 23.9 Å². The third-order valence-electron chi connectivity index (χ3n) is 2.79. The van der Waals surface area contributed by atoms with Gasteiger partial charge in [-0.1, -0.05) is 17.7 Å². The van der Waals surface area contributed by atoms with Crippen molar-refractivity contribution in [3.63, 3.8) is 0 Å². The minimum absolute atomic E-state index is 0.0336. The molecule has 3 heteroatoms. The molecule has 0 saturated carbocycles. The first-order valence-corrected chi connectivity index (χ1v) is 6.13. The standard InChI is InChI=1S/C14H23NO2/c1-12-5-7-13(8-6-12)17-10-4-3-9-14(2,15)11-16/h5-8,16H,3-4,9-11,15H2,1-2H3. The highest BCUT2D eigenvalue weighted by Crippen LogP contribution is 2.13. The van der Waals surface area contributed by atoms with Crippen LogP contribution >= 0.6 is 0 Å². The summed E-state index contributed by atoms with van der Waals surface area (Å²) in [6.45, 7) is 4.66. The zero-order chi connectivity index (χ0) is 12.7. The third kappa shape index (κ3) is 5.71. The van der Waals surface area contributed by atoms with Gasteiger partial charge in [0.15, 0.2) is 0 Å². The van der Waals surface area contributed by atoms with E-state index < -0.39 is 5.54 Å². The molecule has 1 rings (SSSR count). The van der Waals surface area contributed by atoms with E-state index in [-0.39, 0.29) is 6.61 Å². The van der Waals surface area contributed by atoms with Crippen molar-refractivity contribution in [2.24, 2.45) is 5.73 Å². The van der Waals surface area contributed by atoms with E-state index in [1.54, 1.807) is 0 Å². The molecule has 0 aliphatic carbocycles. The number of nitrogens with two attached hydrogens (primary N) is 1. The maximum Gasteiger partial charge on any atom is 0.119 e. The van der Waals surface area contributed by atoms with Crippen molar-refractivity contribution in [1.29, 1.82) is 0 Å². The van der Waals surface area contributed by atoms with Crippen LogP contribution in [0, 0.1) is 6.92 Å². The lowest BCUT2D eigenvalue weighted by Gasteiger charge is -2.21. The maximum atomic E-state index is 9.00. The molecule has 96 valence electrons. The second-order valence-corrected chi connectivity index (χ2v) is 4.93. The molecule has 3 N–H and O–H groups in total. The van der Waals surface area contributed by atoms with E-state index >= 15 is 0 Å². The first kappa shape index (κ1) is 14.0. The van der Waals surface area contributed by atoms with Gasteiger partial charge < -0.3 is 15.6 Å².